The summed E-state index contributed by atoms with van der Waals surface area (Å²) in [4.78, 5) is 11.5. The Labute approximate surface area is 91.8 Å². The van der Waals surface area contributed by atoms with Crippen molar-refractivity contribution in [2.24, 2.45) is 0 Å². The van der Waals surface area contributed by atoms with Crippen LogP contribution in [0.4, 0.5) is 4.79 Å². The highest BCUT2D eigenvalue weighted by atomic mass is 16.5. The third-order valence-electron chi connectivity index (χ3n) is 2.73. The van der Waals surface area contributed by atoms with Crippen molar-refractivity contribution in [2.45, 2.75) is 51.1 Å². The van der Waals surface area contributed by atoms with Gasteiger partial charge in [0, 0.05) is 13.2 Å². The minimum atomic E-state index is -0.0635. The van der Waals surface area contributed by atoms with Crippen LogP contribution in [0.3, 0.4) is 0 Å². The molecule has 15 heavy (non-hydrogen) atoms. The first kappa shape index (κ1) is 12.3. The van der Waals surface area contributed by atoms with Crippen molar-refractivity contribution >= 4 is 6.03 Å². The van der Waals surface area contributed by atoms with Gasteiger partial charge < -0.3 is 15.4 Å². The average Bonchev–Trinajstić information content (AvgIpc) is 2.19. The van der Waals surface area contributed by atoms with Gasteiger partial charge in [-0.3, -0.25) is 0 Å². The van der Waals surface area contributed by atoms with Gasteiger partial charge in [0.1, 0.15) is 0 Å². The van der Waals surface area contributed by atoms with Crippen molar-refractivity contribution in [3.05, 3.63) is 0 Å². The lowest BCUT2D eigenvalue weighted by Crippen LogP contribution is -2.47. The van der Waals surface area contributed by atoms with Crippen LogP contribution in [0.25, 0.3) is 0 Å². The molecule has 0 aromatic carbocycles. The van der Waals surface area contributed by atoms with Crippen molar-refractivity contribution in [3.63, 3.8) is 0 Å². The lowest BCUT2D eigenvalue weighted by Gasteiger charge is -2.24. The molecule has 4 heteroatoms. The summed E-state index contributed by atoms with van der Waals surface area (Å²) in [6.07, 6.45) is 6.01. The number of rotatable bonds is 4. The molecule has 1 saturated carbocycles. The molecule has 0 heterocycles. The third kappa shape index (κ3) is 5.02. The van der Waals surface area contributed by atoms with Crippen LogP contribution >= 0.6 is 0 Å². The molecule has 0 aromatic rings. The van der Waals surface area contributed by atoms with E-state index in [1.165, 1.54) is 19.3 Å². The molecule has 1 atom stereocenters. The van der Waals surface area contributed by atoms with E-state index in [2.05, 4.69) is 10.6 Å². The van der Waals surface area contributed by atoms with Crippen LogP contribution in [0.2, 0.25) is 0 Å². The maximum atomic E-state index is 11.5. The second kappa shape index (κ2) is 6.67. The van der Waals surface area contributed by atoms with Crippen LogP contribution in [0.1, 0.15) is 39.0 Å². The van der Waals surface area contributed by atoms with Gasteiger partial charge in [0.2, 0.25) is 0 Å². The van der Waals surface area contributed by atoms with E-state index in [9.17, 15) is 4.79 Å². The summed E-state index contributed by atoms with van der Waals surface area (Å²) in [6.45, 7) is 2.49. The van der Waals surface area contributed by atoms with Crippen molar-refractivity contribution in [1.29, 1.82) is 0 Å². The summed E-state index contributed by atoms with van der Waals surface area (Å²) >= 11 is 0. The first-order chi connectivity index (χ1) is 7.22. The van der Waals surface area contributed by atoms with Gasteiger partial charge in [0.25, 0.3) is 0 Å². The van der Waals surface area contributed by atoms with E-state index in [1.807, 2.05) is 6.92 Å². The monoisotopic (exact) mass is 214 g/mol. The van der Waals surface area contributed by atoms with Crippen LogP contribution in [-0.2, 0) is 4.74 Å². The topological polar surface area (TPSA) is 50.4 Å². The Balaban J connectivity index is 2.16. The molecule has 4 nitrogen and oxygen atoms in total. The highest BCUT2D eigenvalue weighted by molar-refractivity contribution is 5.74. The summed E-state index contributed by atoms with van der Waals surface area (Å²) in [5, 5.41) is 5.86. The molecule has 0 aliphatic heterocycles. The highest BCUT2D eigenvalue weighted by Gasteiger charge is 2.16. The lowest BCUT2D eigenvalue weighted by atomic mass is 9.96. The number of carbonyl (C=O) groups is 1. The Bertz CT molecular complexity index is 191. The molecular weight excluding hydrogens is 192 g/mol. The molecule has 1 fully saturated rings. The summed E-state index contributed by atoms with van der Waals surface area (Å²) < 4.78 is 4.95. The minimum absolute atomic E-state index is 0.0635. The molecule has 0 saturated heterocycles. The second-order valence-electron chi connectivity index (χ2n) is 4.31. The van der Waals surface area contributed by atoms with Crippen molar-refractivity contribution < 1.29 is 9.53 Å². The number of urea groups is 1. The van der Waals surface area contributed by atoms with E-state index >= 15 is 0 Å². The molecule has 88 valence electrons. The van der Waals surface area contributed by atoms with Crippen LogP contribution in [-0.4, -0.2) is 31.8 Å². The smallest absolute Gasteiger partial charge is 0.315 e. The minimum Gasteiger partial charge on any atom is -0.383 e. The zero-order valence-electron chi connectivity index (χ0n) is 9.71. The number of hydrogen-bond acceptors (Lipinski definition) is 2. The Morgan fingerprint density at radius 3 is 2.67 bits per heavy atom. The Morgan fingerprint density at radius 2 is 2.07 bits per heavy atom. The SMILES string of the molecule is COCC(C)NC(=O)NC1CCCCC1. The number of hydrogen-bond donors (Lipinski definition) is 2. The summed E-state index contributed by atoms with van der Waals surface area (Å²) in [7, 11) is 1.64. The van der Waals surface area contributed by atoms with E-state index in [1.54, 1.807) is 7.11 Å². The maximum absolute atomic E-state index is 11.5. The van der Waals surface area contributed by atoms with Gasteiger partial charge in [-0.25, -0.2) is 4.79 Å². The fraction of sp³-hybridized carbons (Fsp3) is 0.909. The largest absolute Gasteiger partial charge is 0.383 e. The molecular formula is C11H22N2O2. The standard InChI is InChI=1S/C11H22N2O2/c1-9(8-15-2)12-11(14)13-10-6-4-3-5-7-10/h9-10H,3-8H2,1-2H3,(H2,12,13,14). The molecule has 1 unspecified atom stereocenters. The van der Waals surface area contributed by atoms with Crippen molar-refractivity contribution in [1.82, 2.24) is 10.6 Å². The maximum Gasteiger partial charge on any atom is 0.315 e. The van der Waals surface area contributed by atoms with E-state index < -0.39 is 0 Å². The van der Waals surface area contributed by atoms with Gasteiger partial charge in [-0.15, -0.1) is 0 Å². The van der Waals surface area contributed by atoms with Crippen molar-refractivity contribution in [2.75, 3.05) is 13.7 Å². The molecule has 1 rings (SSSR count). The number of ether oxygens (including phenoxy) is 1. The van der Waals surface area contributed by atoms with Gasteiger partial charge in [0.15, 0.2) is 0 Å². The number of amides is 2. The van der Waals surface area contributed by atoms with Gasteiger partial charge in [0.05, 0.1) is 12.6 Å². The normalized spacial score (nSPS) is 19.6. The highest BCUT2D eigenvalue weighted by Crippen LogP contribution is 2.17. The zero-order valence-corrected chi connectivity index (χ0v) is 9.71. The molecule has 1 aliphatic carbocycles. The van der Waals surface area contributed by atoms with Crippen molar-refractivity contribution in [3.8, 4) is 0 Å². The first-order valence-electron chi connectivity index (χ1n) is 5.78. The van der Waals surface area contributed by atoms with Crippen LogP contribution in [0.15, 0.2) is 0 Å². The van der Waals surface area contributed by atoms with Crippen LogP contribution in [0.5, 0.6) is 0 Å². The second-order valence-corrected chi connectivity index (χ2v) is 4.31. The number of methoxy groups -OCH3 is 1. The quantitative estimate of drug-likeness (QED) is 0.747. The Hall–Kier alpha value is -0.770. The summed E-state index contributed by atoms with van der Waals surface area (Å²) in [5.41, 5.74) is 0. The Morgan fingerprint density at radius 1 is 1.40 bits per heavy atom. The zero-order chi connectivity index (χ0) is 11.1. The molecule has 0 bridgehead atoms. The first-order valence-corrected chi connectivity index (χ1v) is 5.78. The molecule has 0 radical (unpaired) electrons. The van der Waals surface area contributed by atoms with E-state index in [-0.39, 0.29) is 12.1 Å². The predicted octanol–water partition coefficient (Wildman–Crippen LogP) is 1.65. The van der Waals surface area contributed by atoms with Gasteiger partial charge >= 0.3 is 6.03 Å². The summed E-state index contributed by atoms with van der Waals surface area (Å²) in [5.74, 6) is 0. The number of carbonyl (C=O) groups excluding carboxylic acids is 1. The summed E-state index contributed by atoms with van der Waals surface area (Å²) in [6, 6.07) is 0.374. The molecule has 2 N–H and O–H groups in total. The number of nitrogens with one attached hydrogen (secondary N) is 2. The molecule has 0 aromatic heterocycles. The van der Waals surface area contributed by atoms with E-state index in [0.29, 0.717) is 12.6 Å². The lowest BCUT2D eigenvalue weighted by molar-refractivity contribution is 0.169. The fourth-order valence-electron chi connectivity index (χ4n) is 1.99. The van der Waals surface area contributed by atoms with E-state index in [0.717, 1.165) is 12.8 Å². The van der Waals surface area contributed by atoms with Gasteiger partial charge in [-0.05, 0) is 19.8 Å². The van der Waals surface area contributed by atoms with Gasteiger partial charge in [-0.1, -0.05) is 19.3 Å². The van der Waals surface area contributed by atoms with Crippen LogP contribution < -0.4 is 10.6 Å². The fourth-order valence-corrected chi connectivity index (χ4v) is 1.99. The average molecular weight is 214 g/mol. The molecule has 2 amide bonds. The molecule has 1 aliphatic rings. The van der Waals surface area contributed by atoms with Crippen LogP contribution in [0, 0.1) is 0 Å². The molecule has 0 spiro atoms. The van der Waals surface area contributed by atoms with Gasteiger partial charge in [-0.2, -0.15) is 0 Å². The third-order valence-corrected chi connectivity index (χ3v) is 2.73. The Kier molecular flexibility index (Phi) is 5.47. The predicted molar refractivity (Wildman–Crippen MR) is 59.9 cm³/mol. The van der Waals surface area contributed by atoms with E-state index in [4.69, 9.17) is 4.74 Å².